The highest BCUT2D eigenvalue weighted by atomic mass is 16.3. The number of fused-ring (bicyclic) bond motifs is 4. The standard InChI is InChI=1S/C43H29N3O/c1-3-11-28(12-4-1)30-19-22-31(23-20-30)35-25-26-37(39-36-17-9-10-18-38(36)47-40(35)39)43-45-41(32-14-5-2-6-15-32)44-42(46-43)34-24-21-29-13-7-8-16-33(29)27-34/h1-6,8-12,14-27H,7,13H2. The Morgan fingerprint density at radius 1 is 0.489 bits per heavy atom. The predicted octanol–water partition coefficient (Wildman–Crippen LogP) is 11.1. The van der Waals surface area contributed by atoms with E-state index in [-0.39, 0.29) is 0 Å². The van der Waals surface area contributed by atoms with E-state index in [1.54, 1.807) is 0 Å². The normalized spacial score (nSPS) is 12.4. The molecule has 4 heteroatoms. The zero-order valence-electron chi connectivity index (χ0n) is 25.6. The number of aryl methyl sites for hydroxylation is 1. The fraction of sp³-hybridized carbons (Fsp3) is 0.0465. The van der Waals surface area contributed by atoms with E-state index in [2.05, 4.69) is 103 Å². The van der Waals surface area contributed by atoms with Gasteiger partial charge in [0.2, 0.25) is 0 Å². The topological polar surface area (TPSA) is 51.8 Å². The molecule has 2 heterocycles. The third-order valence-corrected chi connectivity index (χ3v) is 9.02. The smallest absolute Gasteiger partial charge is 0.164 e. The van der Waals surface area contributed by atoms with Crippen LogP contribution in [0.15, 0.2) is 150 Å². The van der Waals surface area contributed by atoms with Gasteiger partial charge in [-0.05, 0) is 64.9 Å². The molecule has 222 valence electrons. The van der Waals surface area contributed by atoms with Crippen molar-refractivity contribution in [1.29, 1.82) is 0 Å². The molecule has 0 N–H and O–H groups in total. The molecule has 1 aliphatic carbocycles. The van der Waals surface area contributed by atoms with Crippen molar-refractivity contribution in [2.45, 2.75) is 12.8 Å². The lowest BCUT2D eigenvalue weighted by atomic mass is 9.95. The highest BCUT2D eigenvalue weighted by Crippen LogP contribution is 2.42. The van der Waals surface area contributed by atoms with Gasteiger partial charge in [-0.15, -0.1) is 0 Å². The number of furan rings is 1. The van der Waals surface area contributed by atoms with Crippen LogP contribution in [0.2, 0.25) is 0 Å². The monoisotopic (exact) mass is 603 g/mol. The van der Waals surface area contributed by atoms with E-state index in [0.29, 0.717) is 17.5 Å². The fourth-order valence-electron chi connectivity index (χ4n) is 6.62. The van der Waals surface area contributed by atoms with Crippen LogP contribution in [0.3, 0.4) is 0 Å². The second-order valence-electron chi connectivity index (χ2n) is 11.9. The molecule has 0 aliphatic heterocycles. The number of para-hydroxylation sites is 1. The van der Waals surface area contributed by atoms with Gasteiger partial charge in [-0.2, -0.15) is 0 Å². The van der Waals surface area contributed by atoms with E-state index >= 15 is 0 Å². The van der Waals surface area contributed by atoms with Crippen LogP contribution in [-0.4, -0.2) is 15.0 Å². The van der Waals surface area contributed by atoms with E-state index in [9.17, 15) is 0 Å². The van der Waals surface area contributed by atoms with Crippen molar-refractivity contribution in [2.75, 3.05) is 0 Å². The molecule has 9 rings (SSSR count). The quantitative estimate of drug-likeness (QED) is 0.196. The highest BCUT2D eigenvalue weighted by Gasteiger charge is 2.21. The Labute approximate surface area is 272 Å². The van der Waals surface area contributed by atoms with E-state index in [1.807, 2.05) is 48.5 Å². The molecule has 0 bridgehead atoms. The van der Waals surface area contributed by atoms with Crippen LogP contribution in [-0.2, 0) is 6.42 Å². The molecule has 2 aromatic heterocycles. The Kier molecular flexibility index (Phi) is 6.57. The van der Waals surface area contributed by atoms with Gasteiger partial charge in [0, 0.05) is 33.0 Å². The van der Waals surface area contributed by atoms with Crippen molar-refractivity contribution in [2.24, 2.45) is 0 Å². The minimum atomic E-state index is 0.615. The molecule has 47 heavy (non-hydrogen) atoms. The number of aromatic nitrogens is 3. The summed E-state index contributed by atoms with van der Waals surface area (Å²) in [5.74, 6) is 1.90. The van der Waals surface area contributed by atoms with Crippen molar-refractivity contribution in [3.05, 3.63) is 157 Å². The average Bonchev–Trinajstić information content (AvgIpc) is 3.55. The maximum atomic E-state index is 6.63. The van der Waals surface area contributed by atoms with Gasteiger partial charge in [-0.25, -0.2) is 15.0 Å². The molecule has 8 aromatic rings. The van der Waals surface area contributed by atoms with E-state index < -0.39 is 0 Å². The van der Waals surface area contributed by atoms with Crippen molar-refractivity contribution in [3.8, 4) is 56.4 Å². The molecule has 0 saturated heterocycles. The number of rotatable bonds is 5. The summed E-state index contributed by atoms with van der Waals surface area (Å²) in [5, 5.41) is 2.03. The molecule has 4 nitrogen and oxygen atoms in total. The molecule has 0 atom stereocenters. The third-order valence-electron chi connectivity index (χ3n) is 9.02. The Hall–Kier alpha value is -6.13. The second-order valence-corrected chi connectivity index (χ2v) is 11.9. The lowest BCUT2D eigenvalue weighted by Crippen LogP contribution is -2.01. The molecule has 6 aromatic carbocycles. The van der Waals surface area contributed by atoms with Gasteiger partial charge in [0.15, 0.2) is 17.5 Å². The zero-order valence-corrected chi connectivity index (χ0v) is 25.6. The first-order valence-corrected chi connectivity index (χ1v) is 16.0. The van der Waals surface area contributed by atoms with Gasteiger partial charge in [0.05, 0.1) is 0 Å². The lowest BCUT2D eigenvalue weighted by molar-refractivity contribution is 0.670. The van der Waals surface area contributed by atoms with Gasteiger partial charge in [-0.1, -0.05) is 127 Å². The fourth-order valence-corrected chi connectivity index (χ4v) is 6.62. The zero-order chi connectivity index (χ0) is 31.2. The SMILES string of the molecule is C1=Cc2cc(-c3nc(-c4ccccc4)nc(-c4ccc(-c5ccc(-c6ccccc6)cc5)c5oc6ccccc6c45)n3)ccc2CC1. The van der Waals surface area contributed by atoms with Crippen molar-refractivity contribution >= 4 is 28.0 Å². The van der Waals surface area contributed by atoms with Crippen LogP contribution in [0.5, 0.6) is 0 Å². The first kappa shape index (κ1) is 27.2. The van der Waals surface area contributed by atoms with Gasteiger partial charge < -0.3 is 4.42 Å². The molecular formula is C43H29N3O. The number of nitrogens with zero attached hydrogens (tertiary/aromatic N) is 3. The van der Waals surface area contributed by atoms with Crippen molar-refractivity contribution in [1.82, 2.24) is 15.0 Å². The molecular weight excluding hydrogens is 574 g/mol. The Morgan fingerprint density at radius 3 is 1.91 bits per heavy atom. The first-order valence-electron chi connectivity index (χ1n) is 16.0. The summed E-state index contributed by atoms with van der Waals surface area (Å²) in [6.07, 6.45) is 6.56. The minimum absolute atomic E-state index is 0.615. The summed E-state index contributed by atoms with van der Waals surface area (Å²) >= 11 is 0. The molecule has 0 fully saturated rings. The van der Waals surface area contributed by atoms with Crippen LogP contribution in [0.25, 0.3) is 84.4 Å². The minimum Gasteiger partial charge on any atom is -0.455 e. The summed E-state index contributed by atoms with van der Waals surface area (Å²) in [5.41, 5.74) is 11.5. The van der Waals surface area contributed by atoms with Gasteiger partial charge in [0.1, 0.15) is 11.2 Å². The summed E-state index contributed by atoms with van der Waals surface area (Å²) in [7, 11) is 0. The average molecular weight is 604 g/mol. The van der Waals surface area contributed by atoms with Crippen molar-refractivity contribution in [3.63, 3.8) is 0 Å². The number of allylic oxidation sites excluding steroid dienone is 1. The molecule has 0 amide bonds. The largest absolute Gasteiger partial charge is 0.455 e. The predicted molar refractivity (Wildman–Crippen MR) is 192 cm³/mol. The van der Waals surface area contributed by atoms with Crippen LogP contribution < -0.4 is 0 Å². The van der Waals surface area contributed by atoms with E-state index in [1.165, 1.54) is 22.3 Å². The van der Waals surface area contributed by atoms with Gasteiger partial charge >= 0.3 is 0 Å². The van der Waals surface area contributed by atoms with Gasteiger partial charge in [0.25, 0.3) is 0 Å². The van der Waals surface area contributed by atoms with Crippen LogP contribution in [0.1, 0.15) is 17.5 Å². The number of benzene rings is 6. The maximum absolute atomic E-state index is 6.63. The molecule has 0 radical (unpaired) electrons. The first-order chi connectivity index (χ1) is 23.3. The molecule has 0 saturated carbocycles. The summed E-state index contributed by atoms with van der Waals surface area (Å²) in [6.45, 7) is 0. The third kappa shape index (κ3) is 4.91. The number of hydrogen-bond acceptors (Lipinski definition) is 4. The Balaban J connectivity index is 1.24. The van der Waals surface area contributed by atoms with E-state index in [0.717, 1.165) is 62.6 Å². The second kappa shape index (κ2) is 11.3. The number of hydrogen-bond donors (Lipinski definition) is 0. The Bertz CT molecular complexity index is 2440. The Morgan fingerprint density at radius 2 is 1.11 bits per heavy atom. The van der Waals surface area contributed by atoms with Crippen LogP contribution in [0, 0.1) is 0 Å². The van der Waals surface area contributed by atoms with Crippen LogP contribution in [0.4, 0.5) is 0 Å². The molecule has 0 unspecified atom stereocenters. The summed E-state index contributed by atoms with van der Waals surface area (Å²) in [4.78, 5) is 15.2. The van der Waals surface area contributed by atoms with E-state index in [4.69, 9.17) is 19.4 Å². The van der Waals surface area contributed by atoms with Gasteiger partial charge in [-0.3, -0.25) is 0 Å². The van der Waals surface area contributed by atoms with Crippen molar-refractivity contribution < 1.29 is 4.42 Å². The van der Waals surface area contributed by atoms with Crippen LogP contribution >= 0.6 is 0 Å². The lowest BCUT2D eigenvalue weighted by Gasteiger charge is -2.13. The highest BCUT2D eigenvalue weighted by molar-refractivity contribution is 6.15. The maximum Gasteiger partial charge on any atom is 0.164 e. The summed E-state index contributed by atoms with van der Waals surface area (Å²) in [6, 6.07) is 48.3. The summed E-state index contributed by atoms with van der Waals surface area (Å²) < 4.78 is 6.63. The molecule has 1 aliphatic rings. The molecule has 0 spiro atoms.